The van der Waals surface area contributed by atoms with Crippen LogP contribution < -0.4 is 0 Å². The Labute approximate surface area is 102 Å². The van der Waals surface area contributed by atoms with E-state index >= 15 is 0 Å². The first kappa shape index (κ1) is 12.1. The summed E-state index contributed by atoms with van der Waals surface area (Å²) in [5.74, 6) is 0.110. The molecule has 1 heterocycles. The zero-order valence-corrected chi connectivity index (χ0v) is 10.2. The molecule has 2 rings (SSSR count). The van der Waals surface area contributed by atoms with Crippen LogP contribution in [0.3, 0.4) is 0 Å². The van der Waals surface area contributed by atoms with Gasteiger partial charge in [-0.15, -0.1) is 0 Å². The fraction of sp³-hybridized carbons (Fsp3) is 0.500. The highest BCUT2D eigenvalue weighted by Crippen LogP contribution is 2.18. The van der Waals surface area contributed by atoms with E-state index in [1.165, 1.54) is 0 Å². The highest BCUT2D eigenvalue weighted by Gasteiger charge is 2.21. The van der Waals surface area contributed by atoms with Gasteiger partial charge in [-0.3, -0.25) is 4.79 Å². The van der Waals surface area contributed by atoms with E-state index < -0.39 is 0 Å². The standard InChI is InChI=1S/C14H19NO2/c1-11(16)8-10-15-9-4-6-12-5-2-3-7-13(12)14(15)17/h2-3,5,7,11,16H,4,6,8-10H2,1H3. The summed E-state index contributed by atoms with van der Waals surface area (Å²) >= 11 is 0. The van der Waals surface area contributed by atoms with Gasteiger partial charge in [0.1, 0.15) is 0 Å². The number of hydrogen-bond acceptors (Lipinski definition) is 2. The van der Waals surface area contributed by atoms with Gasteiger partial charge in [-0.1, -0.05) is 18.2 Å². The minimum Gasteiger partial charge on any atom is -0.393 e. The zero-order valence-electron chi connectivity index (χ0n) is 10.2. The number of hydrogen-bond donors (Lipinski definition) is 1. The van der Waals surface area contributed by atoms with Crippen molar-refractivity contribution in [3.63, 3.8) is 0 Å². The van der Waals surface area contributed by atoms with E-state index in [9.17, 15) is 9.90 Å². The average Bonchev–Trinajstić information content (AvgIpc) is 2.47. The largest absolute Gasteiger partial charge is 0.393 e. The lowest BCUT2D eigenvalue weighted by Gasteiger charge is -2.21. The van der Waals surface area contributed by atoms with Gasteiger partial charge in [0.25, 0.3) is 5.91 Å². The molecule has 0 aliphatic carbocycles. The molecule has 1 N–H and O–H groups in total. The highest BCUT2D eigenvalue weighted by molar-refractivity contribution is 5.96. The zero-order chi connectivity index (χ0) is 12.3. The van der Waals surface area contributed by atoms with Crippen molar-refractivity contribution in [1.29, 1.82) is 0 Å². The third-order valence-corrected chi connectivity index (χ3v) is 3.23. The number of rotatable bonds is 3. The molecule has 1 aromatic carbocycles. The Morgan fingerprint density at radius 1 is 1.41 bits per heavy atom. The maximum Gasteiger partial charge on any atom is 0.254 e. The Morgan fingerprint density at radius 3 is 2.94 bits per heavy atom. The van der Waals surface area contributed by atoms with Crippen molar-refractivity contribution in [2.45, 2.75) is 32.3 Å². The van der Waals surface area contributed by atoms with Crippen LogP contribution in [0.4, 0.5) is 0 Å². The lowest BCUT2D eigenvalue weighted by Crippen LogP contribution is -2.33. The van der Waals surface area contributed by atoms with Crippen molar-refractivity contribution >= 4 is 5.91 Å². The number of aliphatic hydroxyl groups excluding tert-OH is 1. The smallest absolute Gasteiger partial charge is 0.254 e. The van der Waals surface area contributed by atoms with Gasteiger partial charge in [0.2, 0.25) is 0 Å². The molecule has 1 aliphatic rings. The summed E-state index contributed by atoms with van der Waals surface area (Å²) in [6.45, 7) is 3.20. The molecule has 3 heteroatoms. The Hall–Kier alpha value is -1.35. The molecule has 0 radical (unpaired) electrons. The number of aliphatic hydroxyl groups is 1. The molecule has 1 aliphatic heterocycles. The summed E-state index contributed by atoms with van der Waals surface area (Å²) in [4.78, 5) is 14.2. The summed E-state index contributed by atoms with van der Waals surface area (Å²) < 4.78 is 0. The molecule has 0 spiro atoms. The number of benzene rings is 1. The van der Waals surface area contributed by atoms with E-state index in [1.807, 2.05) is 29.2 Å². The van der Waals surface area contributed by atoms with Crippen LogP contribution in [0.25, 0.3) is 0 Å². The molecule has 92 valence electrons. The van der Waals surface area contributed by atoms with E-state index in [1.54, 1.807) is 6.92 Å². The fourth-order valence-corrected chi connectivity index (χ4v) is 2.24. The Morgan fingerprint density at radius 2 is 2.18 bits per heavy atom. The molecular formula is C14H19NO2. The lowest BCUT2D eigenvalue weighted by atomic mass is 10.0. The minimum absolute atomic E-state index is 0.110. The second-order valence-electron chi connectivity index (χ2n) is 4.69. The lowest BCUT2D eigenvalue weighted by molar-refractivity contribution is 0.0730. The number of nitrogens with zero attached hydrogens (tertiary/aromatic N) is 1. The van der Waals surface area contributed by atoms with Crippen molar-refractivity contribution < 1.29 is 9.90 Å². The van der Waals surface area contributed by atoms with Gasteiger partial charge in [0, 0.05) is 18.7 Å². The van der Waals surface area contributed by atoms with Crippen LogP contribution in [-0.2, 0) is 6.42 Å². The normalized spacial score (nSPS) is 17.5. The van der Waals surface area contributed by atoms with Gasteiger partial charge in [-0.2, -0.15) is 0 Å². The maximum absolute atomic E-state index is 12.3. The van der Waals surface area contributed by atoms with Crippen LogP contribution in [0.2, 0.25) is 0 Å². The van der Waals surface area contributed by atoms with Gasteiger partial charge in [-0.05, 0) is 37.8 Å². The number of aryl methyl sites for hydroxylation is 1. The van der Waals surface area contributed by atoms with E-state index in [4.69, 9.17) is 0 Å². The molecule has 0 saturated heterocycles. The predicted molar refractivity (Wildman–Crippen MR) is 67.0 cm³/mol. The minimum atomic E-state index is -0.346. The number of carbonyl (C=O) groups excluding carboxylic acids is 1. The second-order valence-corrected chi connectivity index (χ2v) is 4.69. The van der Waals surface area contributed by atoms with Crippen LogP contribution in [0.1, 0.15) is 35.7 Å². The van der Waals surface area contributed by atoms with Crippen LogP contribution >= 0.6 is 0 Å². The monoisotopic (exact) mass is 233 g/mol. The molecule has 1 atom stereocenters. The predicted octanol–water partition coefficient (Wildman–Crippen LogP) is 1.85. The molecule has 1 aromatic rings. The van der Waals surface area contributed by atoms with Gasteiger partial charge in [0.05, 0.1) is 6.10 Å². The Bertz CT molecular complexity index is 401. The number of carbonyl (C=O) groups is 1. The SMILES string of the molecule is CC(O)CCN1CCCc2ccccc2C1=O. The van der Waals surface area contributed by atoms with E-state index in [0.717, 1.165) is 30.5 Å². The molecule has 1 unspecified atom stereocenters. The first-order valence-electron chi connectivity index (χ1n) is 6.23. The molecule has 17 heavy (non-hydrogen) atoms. The van der Waals surface area contributed by atoms with E-state index in [0.29, 0.717) is 13.0 Å². The van der Waals surface area contributed by atoms with Gasteiger partial charge < -0.3 is 10.0 Å². The quantitative estimate of drug-likeness (QED) is 0.865. The van der Waals surface area contributed by atoms with Gasteiger partial charge in [-0.25, -0.2) is 0 Å². The van der Waals surface area contributed by atoms with Crippen LogP contribution in [0, 0.1) is 0 Å². The van der Waals surface area contributed by atoms with Crippen molar-refractivity contribution in [2.24, 2.45) is 0 Å². The third kappa shape index (κ3) is 2.86. The summed E-state index contributed by atoms with van der Waals surface area (Å²) in [5, 5.41) is 9.30. The Kier molecular flexibility index (Phi) is 3.79. The first-order chi connectivity index (χ1) is 8.18. The summed E-state index contributed by atoms with van der Waals surface area (Å²) in [7, 11) is 0. The average molecular weight is 233 g/mol. The molecular weight excluding hydrogens is 214 g/mol. The molecule has 1 amide bonds. The van der Waals surface area contributed by atoms with Crippen LogP contribution in [-0.4, -0.2) is 35.1 Å². The summed E-state index contributed by atoms with van der Waals surface area (Å²) in [6.07, 6.45) is 2.27. The van der Waals surface area contributed by atoms with Crippen LogP contribution in [0.15, 0.2) is 24.3 Å². The van der Waals surface area contributed by atoms with Gasteiger partial charge in [0.15, 0.2) is 0 Å². The van der Waals surface area contributed by atoms with E-state index in [-0.39, 0.29) is 12.0 Å². The molecule has 3 nitrogen and oxygen atoms in total. The molecule has 0 bridgehead atoms. The molecule has 0 fully saturated rings. The molecule has 0 aromatic heterocycles. The van der Waals surface area contributed by atoms with Crippen LogP contribution in [0.5, 0.6) is 0 Å². The van der Waals surface area contributed by atoms with Crippen molar-refractivity contribution in [3.05, 3.63) is 35.4 Å². The fourth-order valence-electron chi connectivity index (χ4n) is 2.24. The number of fused-ring (bicyclic) bond motifs is 1. The van der Waals surface area contributed by atoms with E-state index in [2.05, 4.69) is 0 Å². The summed E-state index contributed by atoms with van der Waals surface area (Å²) in [5.41, 5.74) is 1.98. The van der Waals surface area contributed by atoms with Gasteiger partial charge >= 0.3 is 0 Å². The van der Waals surface area contributed by atoms with Crippen molar-refractivity contribution in [2.75, 3.05) is 13.1 Å². The molecule has 0 saturated carbocycles. The highest BCUT2D eigenvalue weighted by atomic mass is 16.3. The summed E-state index contributed by atoms with van der Waals surface area (Å²) in [6, 6.07) is 7.83. The van der Waals surface area contributed by atoms with Crippen molar-refractivity contribution in [3.8, 4) is 0 Å². The third-order valence-electron chi connectivity index (χ3n) is 3.23. The Balaban J connectivity index is 2.14. The number of amides is 1. The second kappa shape index (κ2) is 5.32. The van der Waals surface area contributed by atoms with Crippen molar-refractivity contribution in [1.82, 2.24) is 4.90 Å². The topological polar surface area (TPSA) is 40.5 Å². The maximum atomic E-state index is 12.3. The first-order valence-corrected chi connectivity index (χ1v) is 6.23.